The minimum atomic E-state index is -0.854. The maximum Gasteiger partial charge on any atom is 0.161 e. The first-order chi connectivity index (χ1) is 8.15. The third-order valence-corrected chi connectivity index (χ3v) is 3.41. The van der Waals surface area contributed by atoms with Gasteiger partial charge in [0, 0.05) is 24.6 Å². The number of fused-ring (bicyclic) bond motifs is 1. The molecule has 2 N–H and O–H groups in total. The Morgan fingerprint density at radius 1 is 1.24 bits per heavy atom. The monoisotopic (exact) mass is 237 g/mol. The van der Waals surface area contributed by atoms with Gasteiger partial charge in [0.05, 0.1) is 11.0 Å². The van der Waals surface area contributed by atoms with Crippen LogP contribution in [0.5, 0.6) is 0 Å². The van der Waals surface area contributed by atoms with Crippen LogP contribution in [-0.4, -0.2) is 23.1 Å². The smallest absolute Gasteiger partial charge is 0.161 e. The van der Waals surface area contributed by atoms with Gasteiger partial charge < -0.3 is 10.3 Å². The van der Waals surface area contributed by atoms with Crippen LogP contribution in [0.15, 0.2) is 12.1 Å². The normalized spacial score (nSPS) is 24.6. The lowest BCUT2D eigenvalue weighted by Gasteiger charge is -2.09. The quantitative estimate of drug-likeness (QED) is 0.798. The van der Waals surface area contributed by atoms with Crippen molar-refractivity contribution in [1.29, 1.82) is 0 Å². The van der Waals surface area contributed by atoms with Crippen LogP contribution in [0.3, 0.4) is 0 Å². The van der Waals surface area contributed by atoms with E-state index < -0.39 is 11.6 Å². The number of hydrogen-bond acceptors (Lipinski definition) is 2. The molecular weight excluding hydrogens is 224 g/mol. The van der Waals surface area contributed by atoms with Crippen molar-refractivity contribution in [1.82, 2.24) is 15.3 Å². The van der Waals surface area contributed by atoms with Crippen LogP contribution in [0.1, 0.15) is 18.7 Å². The number of halogens is 2. The number of hydrogen-bond donors (Lipinski definition) is 2. The van der Waals surface area contributed by atoms with Gasteiger partial charge in [0.2, 0.25) is 0 Å². The highest BCUT2D eigenvalue weighted by Gasteiger charge is 2.27. The molecule has 3 rings (SSSR count). The fourth-order valence-electron chi connectivity index (χ4n) is 2.38. The maximum atomic E-state index is 13.1. The summed E-state index contributed by atoms with van der Waals surface area (Å²) in [5.41, 5.74) is 1.04. The Morgan fingerprint density at radius 2 is 2.00 bits per heavy atom. The molecule has 1 saturated heterocycles. The van der Waals surface area contributed by atoms with E-state index in [1.54, 1.807) is 0 Å². The number of rotatable bonds is 1. The average Bonchev–Trinajstić information content (AvgIpc) is 2.85. The van der Waals surface area contributed by atoms with Crippen LogP contribution in [-0.2, 0) is 0 Å². The van der Waals surface area contributed by atoms with E-state index in [-0.39, 0.29) is 5.92 Å². The van der Waals surface area contributed by atoms with Crippen LogP contribution in [0.2, 0.25) is 0 Å². The molecule has 3 nitrogen and oxygen atoms in total. The number of imidazole rings is 1. The summed E-state index contributed by atoms with van der Waals surface area (Å²) in [6.45, 7) is 3.94. The number of nitrogens with one attached hydrogen (secondary N) is 2. The Kier molecular flexibility index (Phi) is 2.36. The molecule has 1 aliphatic rings. The minimum Gasteiger partial charge on any atom is -0.342 e. The molecule has 2 heterocycles. The van der Waals surface area contributed by atoms with Crippen LogP contribution in [0.25, 0.3) is 11.0 Å². The van der Waals surface area contributed by atoms with Crippen LogP contribution in [0, 0.1) is 17.6 Å². The van der Waals surface area contributed by atoms with Crippen molar-refractivity contribution >= 4 is 11.0 Å². The Balaban J connectivity index is 2.07. The van der Waals surface area contributed by atoms with Gasteiger partial charge >= 0.3 is 0 Å². The Morgan fingerprint density at radius 3 is 2.71 bits per heavy atom. The predicted octanol–water partition coefficient (Wildman–Crippen LogP) is 2.16. The van der Waals surface area contributed by atoms with E-state index in [1.165, 1.54) is 0 Å². The Hall–Kier alpha value is -1.49. The molecule has 2 atom stereocenters. The van der Waals surface area contributed by atoms with Gasteiger partial charge in [0.25, 0.3) is 0 Å². The predicted molar refractivity (Wildman–Crippen MR) is 60.8 cm³/mol. The lowest BCUT2D eigenvalue weighted by Crippen LogP contribution is -2.09. The summed E-state index contributed by atoms with van der Waals surface area (Å²) in [4.78, 5) is 7.42. The number of H-pyrrole nitrogens is 1. The highest BCUT2D eigenvalue weighted by Crippen LogP contribution is 2.27. The third kappa shape index (κ3) is 1.70. The first-order valence-electron chi connectivity index (χ1n) is 5.70. The number of nitrogens with zero attached hydrogens (tertiary/aromatic N) is 1. The molecule has 2 aromatic rings. The zero-order chi connectivity index (χ0) is 12.0. The molecule has 1 aliphatic heterocycles. The third-order valence-electron chi connectivity index (χ3n) is 3.41. The highest BCUT2D eigenvalue weighted by molar-refractivity contribution is 5.75. The van der Waals surface area contributed by atoms with Gasteiger partial charge in [0.15, 0.2) is 11.6 Å². The fraction of sp³-hybridized carbons (Fsp3) is 0.417. The summed E-state index contributed by atoms with van der Waals surface area (Å²) in [5, 5.41) is 3.28. The summed E-state index contributed by atoms with van der Waals surface area (Å²) in [7, 11) is 0. The molecule has 17 heavy (non-hydrogen) atoms. The summed E-state index contributed by atoms with van der Waals surface area (Å²) in [6, 6.07) is 2.30. The van der Waals surface area contributed by atoms with Gasteiger partial charge in [-0.3, -0.25) is 0 Å². The summed E-state index contributed by atoms with van der Waals surface area (Å²) in [6.07, 6.45) is 0. The second kappa shape index (κ2) is 3.77. The van der Waals surface area contributed by atoms with Gasteiger partial charge in [-0.25, -0.2) is 13.8 Å². The average molecular weight is 237 g/mol. The van der Waals surface area contributed by atoms with E-state index in [2.05, 4.69) is 22.2 Å². The molecule has 0 amide bonds. The minimum absolute atomic E-state index is 0.286. The second-order valence-electron chi connectivity index (χ2n) is 4.65. The van der Waals surface area contributed by atoms with Crippen LogP contribution in [0.4, 0.5) is 8.78 Å². The van der Waals surface area contributed by atoms with Gasteiger partial charge in [-0.1, -0.05) is 6.92 Å². The number of aromatic nitrogens is 2. The van der Waals surface area contributed by atoms with Crippen molar-refractivity contribution in [2.24, 2.45) is 5.92 Å². The molecule has 0 aliphatic carbocycles. The zero-order valence-electron chi connectivity index (χ0n) is 9.43. The Bertz CT molecular complexity index is 525. The lowest BCUT2D eigenvalue weighted by atomic mass is 9.98. The molecule has 0 bridgehead atoms. The van der Waals surface area contributed by atoms with Crippen LogP contribution < -0.4 is 5.32 Å². The summed E-state index contributed by atoms with van der Waals surface area (Å²) >= 11 is 0. The van der Waals surface area contributed by atoms with Gasteiger partial charge in [-0.2, -0.15) is 0 Å². The second-order valence-corrected chi connectivity index (χ2v) is 4.65. The standard InChI is InChI=1S/C12H13F2N3/c1-6-4-15-5-7(6)12-16-10-2-8(13)9(14)3-11(10)17-12/h2-3,6-7,15H,4-5H2,1H3,(H,16,17)/t6-,7-/m1/s1. The van der Waals surface area contributed by atoms with Crippen molar-refractivity contribution in [2.75, 3.05) is 13.1 Å². The first-order valence-corrected chi connectivity index (χ1v) is 5.70. The Labute approximate surface area is 97.2 Å². The molecular formula is C12H13F2N3. The van der Waals surface area contributed by atoms with E-state index in [0.717, 1.165) is 31.0 Å². The summed E-state index contributed by atoms with van der Waals surface area (Å²) in [5.74, 6) is -0.125. The van der Waals surface area contributed by atoms with Gasteiger partial charge in [-0.05, 0) is 12.5 Å². The van der Waals surface area contributed by atoms with Crippen molar-refractivity contribution in [3.05, 3.63) is 29.6 Å². The molecule has 1 fully saturated rings. The maximum absolute atomic E-state index is 13.1. The van der Waals surface area contributed by atoms with E-state index in [4.69, 9.17) is 0 Å². The van der Waals surface area contributed by atoms with Crippen LogP contribution >= 0.6 is 0 Å². The topological polar surface area (TPSA) is 40.7 Å². The highest BCUT2D eigenvalue weighted by atomic mass is 19.2. The number of benzene rings is 1. The zero-order valence-corrected chi connectivity index (χ0v) is 9.43. The van der Waals surface area contributed by atoms with E-state index >= 15 is 0 Å². The molecule has 5 heteroatoms. The largest absolute Gasteiger partial charge is 0.342 e. The molecule has 90 valence electrons. The first kappa shape index (κ1) is 10.7. The van der Waals surface area contributed by atoms with E-state index in [9.17, 15) is 8.78 Å². The van der Waals surface area contributed by atoms with E-state index in [0.29, 0.717) is 17.0 Å². The number of aromatic amines is 1. The molecule has 0 radical (unpaired) electrons. The van der Waals surface area contributed by atoms with Crippen molar-refractivity contribution in [2.45, 2.75) is 12.8 Å². The van der Waals surface area contributed by atoms with Crippen molar-refractivity contribution in [3.8, 4) is 0 Å². The molecule has 0 unspecified atom stereocenters. The molecule has 0 spiro atoms. The van der Waals surface area contributed by atoms with Gasteiger partial charge in [0.1, 0.15) is 5.82 Å². The lowest BCUT2D eigenvalue weighted by molar-refractivity contribution is 0.510. The van der Waals surface area contributed by atoms with Crippen molar-refractivity contribution < 1.29 is 8.78 Å². The fourth-order valence-corrected chi connectivity index (χ4v) is 2.38. The SMILES string of the molecule is C[C@@H]1CNC[C@H]1c1nc2cc(F)c(F)cc2[nH]1. The molecule has 1 aromatic carbocycles. The molecule has 1 aromatic heterocycles. The van der Waals surface area contributed by atoms with E-state index in [1.807, 2.05) is 0 Å². The summed E-state index contributed by atoms with van der Waals surface area (Å²) < 4.78 is 26.1. The van der Waals surface area contributed by atoms with Crippen molar-refractivity contribution in [3.63, 3.8) is 0 Å². The molecule has 0 saturated carbocycles. The van der Waals surface area contributed by atoms with Gasteiger partial charge in [-0.15, -0.1) is 0 Å².